The first-order valence-corrected chi connectivity index (χ1v) is 7.07. The average Bonchev–Trinajstić information content (AvgIpc) is 2.87. The number of nitrogens with one attached hydrogen (secondary N) is 1. The van der Waals surface area contributed by atoms with E-state index in [1.807, 2.05) is 17.5 Å². The zero-order valence-corrected chi connectivity index (χ0v) is 10.8. The Kier molecular flexibility index (Phi) is 2.89. The predicted molar refractivity (Wildman–Crippen MR) is 71.7 cm³/mol. The van der Waals surface area contributed by atoms with E-state index >= 15 is 0 Å². The Morgan fingerprint density at radius 2 is 2.41 bits per heavy atom. The summed E-state index contributed by atoms with van der Waals surface area (Å²) in [7, 11) is 0. The lowest BCUT2D eigenvalue weighted by molar-refractivity contribution is 0.800. The monoisotopic (exact) mass is 247 g/mol. The molecule has 3 rings (SSSR count). The van der Waals surface area contributed by atoms with Gasteiger partial charge >= 0.3 is 0 Å². The fourth-order valence-electron chi connectivity index (χ4n) is 1.96. The SMILES string of the molecule is CCc1ccsc1Cn1ccnc1NC1CC1. The molecule has 0 amide bonds. The molecule has 2 aromatic heterocycles. The molecule has 0 spiro atoms. The number of hydrogen-bond donors (Lipinski definition) is 1. The molecule has 0 unspecified atom stereocenters. The molecule has 17 heavy (non-hydrogen) atoms. The molecule has 90 valence electrons. The molecule has 0 saturated heterocycles. The van der Waals surface area contributed by atoms with E-state index in [9.17, 15) is 0 Å². The minimum Gasteiger partial charge on any atom is -0.353 e. The summed E-state index contributed by atoms with van der Waals surface area (Å²) in [5.74, 6) is 1.02. The first kappa shape index (κ1) is 10.8. The van der Waals surface area contributed by atoms with Crippen LogP contribution in [-0.4, -0.2) is 15.6 Å². The number of anilines is 1. The van der Waals surface area contributed by atoms with Crippen LogP contribution in [0.2, 0.25) is 0 Å². The maximum atomic E-state index is 4.39. The van der Waals surface area contributed by atoms with Crippen molar-refractivity contribution in [1.82, 2.24) is 9.55 Å². The molecule has 0 aliphatic heterocycles. The fraction of sp³-hybridized carbons (Fsp3) is 0.462. The van der Waals surface area contributed by atoms with Crippen molar-refractivity contribution < 1.29 is 0 Å². The Balaban J connectivity index is 1.77. The molecule has 2 heterocycles. The number of aryl methyl sites for hydroxylation is 1. The van der Waals surface area contributed by atoms with Gasteiger partial charge in [0.1, 0.15) is 0 Å². The third-order valence-corrected chi connectivity index (χ3v) is 4.11. The third kappa shape index (κ3) is 2.36. The van der Waals surface area contributed by atoms with Crippen LogP contribution in [0.5, 0.6) is 0 Å². The molecule has 1 saturated carbocycles. The van der Waals surface area contributed by atoms with Gasteiger partial charge in [-0.15, -0.1) is 11.3 Å². The van der Waals surface area contributed by atoms with Crippen LogP contribution in [0.15, 0.2) is 23.8 Å². The van der Waals surface area contributed by atoms with E-state index in [1.54, 1.807) is 0 Å². The van der Waals surface area contributed by atoms with Crippen molar-refractivity contribution in [2.45, 2.75) is 38.8 Å². The Bertz CT molecular complexity index is 496. The van der Waals surface area contributed by atoms with Crippen LogP contribution in [-0.2, 0) is 13.0 Å². The Labute approximate surface area is 106 Å². The largest absolute Gasteiger partial charge is 0.353 e. The average molecular weight is 247 g/mol. The normalized spacial score (nSPS) is 15.1. The Morgan fingerprint density at radius 3 is 3.18 bits per heavy atom. The second-order valence-electron chi connectivity index (χ2n) is 4.52. The molecule has 3 nitrogen and oxygen atoms in total. The van der Waals surface area contributed by atoms with Crippen LogP contribution in [0.25, 0.3) is 0 Å². The quantitative estimate of drug-likeness (QED) is 0.879. The number of aromatic nitrogens is 2. The Morgan fingerprint density at radius 1 is 1.53 bits per heavy atom. The summed E-state index contributed by atoms with van der Waals surface area (Å²) in [6.45, 7) is 3.15. The fourth-order valence-corrected chi connectivity index (χ4v) is 2.94. The summed E-state index contributed by atoms with van der Waals surface area (Å²) in [5.41, 5.74) is 1.46. The van der Waals surface area contributed by atoms with Gasteiger partial charge in [-0.2, -0.15) is 0 Å². The molecule has 1 aliphatic rings. The highest BCUT2D eigenvalue weighted by molar-refractivity contribution is 7.10. The van der Waals surface area contributed by atoms with Gasteiger partial charge in [-0.25, -0.2) is 4.98 Å². The highest BCUT2D eigenvalue weighted by atomic mass is 32.1. The van der Waals surface area contributed by atoms with E-state index in [1.165, 1.54) is 23.3 Å². The lowest BCUT2D eigenvalue weighted by Gasteiger charge is -2.09. The molecule has 4 heteroatoms. The smallest absolute Gasteiger partial charge is 0.203 e. The summed E-state index contributed by atoms with van der Waals surface area (Å²) in [6, 6.07) is 2.88. The van der Waals surface area contributed by atoms with E-state index in [-0.39, 0.29) is 0 Å². The van der Waals surface area contributed by atoms with Crippen LogP contribution in [0.1, 0.15) is 30.2 Å². The summed E-state index contributed by atoms with van der Waals surface area (Å²) in [5, 5.41) is 5.65. The lowest BCUT2D eigenvalue weighted by atomic mass is 10.2. The van der Waals surface area contributed by atoms with Gasteiger partial charge in [-0.05, 0) is 36.3 Å². The summed E-state index contributed by atoms with van der Waals surface area (Å²) in [6.07, 6.45) is 7.62. The minimum atomic E-state index is 0.658. The van der Waals surface area contributed by atoms with Gasteiger partial charge in [0.15, 0.2) is 0 Å². The van der Waals surface area contributed by atoms with Crippen LogP contribution in [0, 0.1) is 0 Å². The zero-order chi connectivity index (χ0) is 11.7. The van der Waals surface area contributed by atoms with Crippen molar-refractivity contribution in [2.24, 2.45) is 0 Å². The topological polar surface area (TPSA) is 29.9 Å². The van der Waals surface area contributed by atoms with Gasteiger partial charge in [0.2, 0.25) is 5.95 Å². The predicted octanol–water partition coefficient (Wildman–Crippen LogP) is 3.13. The van der Waals surface area contributed by atoms with Crippen molar-refractivity contribution in [3.63, 3.8) is 0 Å². The summed E-state index contributed by atoms with van der Waals surface area (Å²) >= 11 is 1.84. The second-order valence-corrected chi connectivity index (χ2v) is 5.52. The van der Waals surface area contributed by atoms with Crippen LogP contribution >= 0.6 is 11.3 Å². The second kappa shape index (κ2) is 4.53. The molecule has 0 radical (unpaired) electrons. The van der Waals surface area contributed by atoms with E-state index in [0.717, 1.165) is 18.9 Å². The number of hydrogen-bond acceptors (Lipinski definition) is 3. The van der Waals surface area contributed by atoms with Crippen LogP contribution < -0.4 is 5.32 Å². The summed E-state index contributed by atoms with van der Waals surface area (Å²) in [4.78, 5) is 5.84. The van der Waals surface area contributed by atoms with Crippen LogP contribution in [0.3, 0.4) is 0 Å². The molecular weight excluding hydrogens is 230 g/mol. The molecule has 0 aromatic carbocycles. The Hall–Kier alpha value is -1.29. The van der Waals surface area contributed by atoms with Crippen molar-refractivity contribution in [2.75, 3.05) is 5.32 Å². The highest BCUT2D eigenvalue weighted by Gasteiger charge is 2.22. The number of imidazole rings is 1. The molecule has 1 fully saturated rings. The van der Waals surface area contributed by atoms with Crippen molar-refractivity contribution in [3.05, 3.63) is 34.3 Å². The first-order chi connectivity index (χ1) is 8.36. The number of rotatable bonds is 5. The maximum absolute atomic E-state index is 4.39. The first-order valence-electron chi connectivity index (χ1n) is 6.19. The lowest BCUT2D eigenvalue weighted by Crippen LogP contribution is -2.09. The summed E-state index contributed by atoms with van der Waals surface area (Å²) < 4.78 is 2.21. The van der Waals surface area contributed by atoms with Gasteiger partial charge in [0, 0.05) is 23.3 Å². The van der Waals surface area contributed by atoms with Crippen molar-refractivity contribution in [3.8, 4) is 0 Å². The molecule has 0 atom stereocenters. The van der Waals surface area contributed by atoms with E-state index < -0.39 is 0 Å². The minimum absolute atomic E-state index is 0.658. The number of nitrogens with zero attached hydrogens (tertiary/aromatic N) is 2. The molecular formula is C13H17N3S. The maximum Gasteiger partial charge on any atom is 0.203 e. The van der Waals surface area contributed by atoms with Crippen LogP contribution in [0.4, 0.5) is 5.95 Å². The van der Waals surface area contributed by atoms with Gasteiger partial charge in [-0.3, -0.25) is 0 Å². The highest BCUT2D eigenvalue weighted by Crippen LogP contribution is 2.25. The van der Waals surface area contributed by atoms with E-state index in [0.29, 0.717) is 6.04 Å². The molecule has 1 aliphatic carbocycles. The van der Waals surface area contributed by atoms with E-state index in [2.05, 4.69) is 39.4 Å². The third-order valence-electron chi connectivity index (χ3n) is 3.16. The van der Waals surface area contributed by atoms with Gasteiger partial charge in [-0.1, -0.05) is 6.92 Å². The van der Waals surface area contributed by atoms with Crippen molar-refractivity contribution in [1.29, 1.82) is 0 Å². The molecule has 1 N–H and O–H groups in total. The van der Waals surface area contributed by atoms with E-state index in [4.69, 9.17) is 0 Å². The molecule has 2 aromatic rings. The van der Waals surface area contributed by atoms with Gasteiger partial charge in [0.05, 0.1) is 6.54 Å². The van der Waals surface area contributed by atoms with Gasteiger partial charge < -0.3 is 9.88 Å². The molecule has 0 bridgehead atoms. The van der Waals surface area contributed by atoms with Crippen molar-refractivity contribution >= 4 is 17.3 Å². The zero-order valence-electron chi connectivity index (χ0n) is 10.0. The standard InChI is InChI=1S/C13H17N3S/c1-2-10-5-8-17-12(10)9-16-7-6-14-13(16)15-11-3-4-11/h5-8,11H,2-4,9H2,1H3,(H,14,15). The van der Waals surface area contributed by atoms with Gasteiger partial charge in [0.25, 0.3) is 0 Å². The number of thiophene rings is 1.